The van der Waals surface area contributed by atoms with Crippen molar-refractivity contribution in [1.29, 1.82) is 0 Å². The molecule has 1 aliphatic carbocycles. The van der Waals surface area contributed by atoms with Crippen LogP contribution in [-0.4, -0.2) is 39.3 Å². The van der Waals surface area contributed by atoms with Gasteiger partial charge in [0.1, 0.15) is 5.82 Å². The number of likely N-dealkylation sites (tertiary alicyclic amines) is 1. The molecule has 2 heterocycles. The van der Waals surface area contributed by atoms with Gasteiger partial charge in [-0.3, -0.25) is 4.90 Å². The van der Waals surface area contributed by atoms with Gasteiger partial charge in [-0.15, -0.1) is 0 Å². The van der Waals surface area contributed by atoms with Gasteiger partial charge in [0.25, 0.3) is 0 Å². The highest BCUT2D eigenvalue weighted by Crippen LogP contribution is 2.26. The first-order valence-electron chi connectivity index (χ1n) is 9.04. The third-order valence-corrected chi connectivity index (χ3v) is 5.59. The quantitative estimate of drug-likeness (QED) is 0.887. The van der Waals surface area contributed by atoms with E-state index in [-0.39, 0.29) is 6.61 Å². The second-order valence-electron chi connectivity index (χ2n) is 7.11. The van der Waals surface area contributed by atoms with Gasteiger partial charge in [0.05, 0.1) is 17.6 Å². The molecule has 0 saturated carbocycles. The van der Waals surface area contributed by atoms with E-state index in [9.17, 15) is 5.11 Å². The first-order valence-corrected chi connectivity index (χ1v) is 9.42. The highest BCUT2D eigenvalue weighted by atomic mass is 35.5. The monoisotopic (exact) mass is 357 g/mol. The van der Waals surface area contributed by atoms with Crippen LogP contribution in [0.5, 0.6) is 0 Å². The van der Waals surface area contributed by atoms with Crippen molar-refractivity contribution in [2.75, 3.05) is 19.7 Å². The number of hydrogen-bond donors (Lipinski definition) is 1. The number of allylic oxidation sites excluding steroid dienone is 4. The number of aliphatic hydroxyl groups is 1. The summed E-state index contributed by atoms with van der Waals surface area (Å²) in [5.74, 6) is 1.52. The lowest BCUT2D eigenvalue weighted by molar-refractivity contribution is 0.218. The van der Waals surface area contributed by atoms with E-state index >= 15 is 0 Å². The van der Waals surface area contributed by atoms with Gasteiger partial charge < -0.3 is 9.67 Å². The van der Waals surface area contributed by atoms with Crippen LogP contribution in [0.15, 0.2) is 47.0 Å². The van der Waals surface area contributed by atoms with Crippen molar-refractivity contribution in [2.24, 2.45) is 5.92 Å². The molecule has 25 heavy (non-hydrogen) atoms. The molecule has 0 amide bonds. The lowest BCUT2D eigenvalue weighted by atomic mass is 10.0. The van der Waals surface area contributed by atoms with Crippen molar-refractivity contribution in [1.82, 2.24) is 14.5 Å². The molecule has 1 aromatic carbocycles. The molecule has 0 radical (unpaired) electrons. The van der Waals surface area contributed by atoms with E-state index < -0.39 is 0 Å². The van der Waals surface area contributed by atoms with Crippen LogP contribution in [0.4, 0.5) is 0 Å². The van der Waals surface area contributed by atoms with E-state index in [4.69, 9.17) is 16.6 Å². The summed E-state index contributed by atoms with van der Waals surface area (Å²) in [6.07, 6.45) is 7.19. The minimum absolute atomic E-state index is 0.285. The van der Waals surface area contributed by atoms with Gasteiger partial charge in [0.2, 0.25) is 0 Å². The molecule has 1 fully saturated rings. The van der Waals surface area contributed by atoms with Crippen LogP contribution in [0, 0.1) is 5.92 Å². The number of fused-ring (bicyclic) bond motifs is 1. The molecule has 1 atom stereocenters. The topological polar surface area (TPSA) is 41.3 Å². The Labute approximate surface area is 153 Å². The zero-order valence-corrected chi connectivity index (χ0v) is 15.1. The molecule has 1 aromatic heterocycles. The van der Waals surface area contributed by atoms with Crippen molar-refractivity contribution in [3.05, 3.63) is 52.8 Å². The molecule has 0 bridgehead atoms. The summed E-state index contributed by atoms with van der Waals surface area (Å²) in [6, 6.07) is 8.36. The Hall–Kier alpha value is -1.62. The molecule has 5 heteroatoms. The normalized spacial score (nSPS) is 21.6. The summed E-state index contributed by atoms with van der Waals surface area (Å²) in [5.41, 5.74) is 3.64. The van der Waals surface area contributed by atoms with Gasteiger partial charge in [-0.25, -0.2) is 4.98 Å². The zero-order chi connectivity index (χ0) is 17.2. The number of nitrogens with zero attached hydrogens (tertiary/aromatic N) is 3. The van der Waals surface area contributed by atoms with Crippen LogP contribution in [0.25, 0.3) is 11.0 Å². The maximum atomic E-state index is 9.39. The number of aromatic nitrogens is 2. The average Bonchev–Trinajstić information content (AvgIpc) is 3.22. The van der Waals surface area contributed by atoms with Gasteiger partial charge in [-0.1, -0.05) is 35.4 Å². The van der Waals surface area contributed by atoms with Crippen molar-refractivity contribution >= 4 is 22.6 Å². The number of benzene rings is 1. The SMILES string of the molecule is OCC1CCN(Cc2nc3ccccc3n2CC2=CC=C(Cl)CC2)C1. The standard InChI is InChI=1S/C20H24ClN3O/c21-17-7-5-15(6-8-17)12-24-19-4-2-1-3-18(19)22-20(24)13-23-10-9-16(11-23)14-25/h1-5,7,16,25H,6,8-14H2. The van der Waals surface area contributed by atoms with Crippen LogP contribution < -0.4 is 0 Å². The van der Waals surface area contributed by atoms with E-state index in [1.54, 1.807) is 0 Å². The number of imidazole rings is 1. The molecule has 4 nitrogen and oxygen atoms in total. The summed E-state index contributed by atoms with van der Waals surface area (Å²) in [7, 11) is 0. The van der Waals surface area contributed by atoms with Crippen molar-refractivity contribution in [3.63, 3.8) is 0 Å². The van der Waals surface area contributed by atoms with E-state index in [0.29, 0.717) is 5.92 Å². The number of aliphatic hydroxyl groups excluding tert-OH is 1. The molecular formula is C20H24ClN3O. The smallest absolute Gasteiger partial charge is 0.124 e. The van der Waals surface area contributed by atoms with Gasteiger partial charge in [-0.05, 0) is 49.9 Å². The molecule has 0 spiro atoms. The maximum absolute atomic E-state index is 9.39. The highest BCUT2D eigenvalue weighted by Gasteiger charge is 2.24. The van der Waals surface area contributed by atoms with Gasteiger partial charge in [0.15, 0.2) is 0 Å². The molecule has 1 N–H and O–H groups in total. The minimum Gasteiger partial charge on any atom is -0.396 e. The van der Waals surface area contributed by atoms with E-state index in [2.05, 4.69) is 33.7 Å². The summed E-state index contributed by atoms with van der Waals surface area (Å²) >= 11 is 6.10. The fourth-order valence-electron chi connectivity index (χ4n) is 3.82. The average molecular weight is 358 g/mol. The van der Waals surface area contributed by atoms with Gasteiger partial charge >= 0.3 is 0 Å². The number of para-hydroxylation sites is 2. The van der Waals surface area contributed by atoms with E-state index in [0.717, 1.165) is 61.8 Å². The Morgan fingerprint density at radius 3 is 2.80 bits per heavy atom. The van der Waals surface area contributed by atoms with Crippen LogP contribution in [0.2, 0.25) is 0 Å². The highest BCUT2D eigenvalue weighted by molar-refractivity contribution is 6.29. The largest absolute Gasteiger partial charge is 0.396 e. The van der Waals surface area contributed by atoms with Crippen molar-refractivity contribution < 1.29 is 5.11 Å². The summed E-state index contributed by atoms with van der Waals surface area (Å²) in [6.45, 7) is 3.99. The van der Waals surface area contributed by atoms with Gasteiger partial charge in [0, 0.05) is 24.7 Å². The molecule has 1 aliphatic heterocycles. The lowest BCUT2D eigenvalue weighted by Gasteiger charge is -2.18. The Bertz CT molecular complexity index is 823. The maximum Gasteiger partial charge on any atom is 0.124 e. The second-order valence-corrected chi connectivity index (χ2v) is 7.60. The predicted molar refractivity (Wildman–Crippen MR) is 101 cm³/mol. The zero-order valence-electron chi connectivity index (χ0n) is 14.4. The van der Waals surface area contributed by atoms with Crippen molar-refractivity contribution in [3.8, 4) is 0 Å². The predicted octanol–water partition coefficient (Wildman–Crippen LogP) is 3.69. The van der Waals surface area contributed by atoms with Crippen LogP contribution in [-0.2, 0) is 13.1 Å². The molecular weight excluding hydrogens is 334 g/mol. The molecule has 1 saturated heterocycles. The molecule has 2 aliphatic rings. The summed E-state index contributed by atoms with van der Waals surface area (Å²) in [5, 5.41) is 10.3. The molecule has 1 unspecified atom stereocenters. The Morgan fingerprint density at radius 2 is 2.04 bits per heavy atom. The molecule has 132 valence electrons. The van der Waals surface area contributed by atoms with Crippen LogP contribution in [0.1, 0.15) is 25.1 Å². The Balaban J connectivity index is 1.62. The number of hydrogen-bond acceptors (Lipinski definition) is 3. The number of halogens is 1. The Morgan fingerprint density at radius 1 is 1.16 bits per heavy atom. The first-order chi connectivity index (χ1) is 12.2. The van der Waals surface area contributed by atoms with E-state index in [1.807, 2.05) is 12.1 Å². The minimum atomic E-state index is 0.285. The molecule has 4 rings (SSSR count). The fraction of sp³-hybridized carbons (Fsp3) is 0.450. The Kier molecular flexibility index (Phi) is 4.93. The van der Waals surface area contributed by atoms with Crippen molar-refractivity contribution in [2.45, 2.75) is 32.4 Å². The summed E-state index contributed by atoms with van der Waals surface area (Å²) < 4.78 is 2.35. The first kappa shape index (κ1) is 16.8. The van der Waals surface area contributed by atoms with Crippen LogP contribution in [0.3, 0.4) is 0 Å². The third-order valence-electron chi connectivity index (χ3n) is 5.27. The summed E-state index contributed by atoms with van der Waals surface area (Å²) in [4.78, 5) is 7.30. The van der Waals surface area contributed by atoms with E-state index in [1.165, 1.54) is 11.1 Å². The van der Waals surface area contributed by atoms with Crippen LogP contribution >= 0.6 is 11.6 Å². The number of rotatable bonds is 5. The lowest BCUT2D eigenvalue weighted by Crippen LogP contribution is -2.23. The fourth-order valence-corrected chi connectivity index (χ4v) is 3.98. The third kappa shape index (κ3) is 3.66. The second kappa shape index (κ2) is 7.32. The van der Waals surface area contributed by atoms with Gasteiger partial charge in [-0.2, -0.15) is 0 Å². The molecule has 2 aromatic rings.